The molecule has 0 aliphatic rings. The zero-order valence-corrected chi connectivity index (χ0v) is 17.0. The van der Waals surface area contributed by atoms with Gasteiger partial charge >= 0.3 is 0 Å². The van der Waals surface area contributed by atoms with Crippen LogP contribution in [0.2, 0.25) is 0 Å². The van der Waals surface area contributed by atoms with E-state index in [4.69, 9.17) is 9.47 Å². The highest BCUT2D eigenvalue weighted by Gasteiger charge is 2.15. The maximum Gasteiger partial charge on any atom is 0.258 e. The zero-order chi connectivity index (χ0) is 19.0. The number of aromatic nitrogens is 1. The van der Waals surface area contributed by atoms with E-state index in [1.54, 1.807) is 13.3 Å². The fourth-order valence-electron chi connectivity index (χ4n) is 2.39. The van der Waals surface area contributed by atoms with Gasteiger partial charge in [0.25, 0.3) is 5.91 Å². The number of pyridine rings is 1. The van der Waals surface area contributed by atoms with E-state index in [9.17, 15) is 4.79 Å². The van der Waals surface area contributed by atoms with E-state index in [0.29, 0.717) is 18.0 Å². The number of nitrogens with zero attached hydrogens (tertiary/aromatic N) is 1. The van der Waals surface area contributed by atoms with Gasteiger partial charge in [0.1, 0.15) is 0 Å². The Hall–Kier alpha value is -2.31. The summed E-state index contributed by atoms with van der Waals surface area (Å²) in [5.41, 5.74) is 1.91. The minimum atomic E-state index is -0.283. The van der Waals surface area contributed by atoms with Gasteiger partial charge in [-0.2, -0.15) is 0 Å². The van der Waals surface area contributed by atoms with E-state index < -0.39 is 0 Å². The number of amides is 1. The Morgan fingerprint density at radius 1 is 1.11 bits per heavy atom. The van der Waals surface area contributed by atoms with Crippen molar-refractivity contribution < 1.29 is 26.7 Å². The summed E-state index contributed by atoms with van der Waals surface area (Å²) in [5.74, 6) is 0.989. The molecule has 0 atom stereocenters. The Balaban J connectivity index is 0.00000364. The van der Waals surface area contributed by atoms with Crippen molar-refractivity contribution >= 4 is 5.91 Å². The molecule has 0 radical (unpaired) electrons. The zero-order valence-electron chi connectivity index (χ0n) is 16.2. The summed E-state index contributed by atoms with van der Waals surface area (Å²) < 4.78 is 11.0. The van der Waals surface area contributed by atoms with E-state index >= 15 is 0 Å². The van der Waals surface area contributed by atoms with Gasteiger partial charge in [-0.3, -0.25) is 9.78 Å². The second-order valence-electron chi connectivity index (χ2n) is 7.04. The van der Waals surface area contributed by atoms with E-state index in [1.807, 2.05) is 57.3 Å². The molecule has 1 heterocycles. The monoisotopic (exact) mass is 392 g/mol. The molecule has 0 spiro atoms. The first kappa shape index (κ1) is 22.7. The quantitative estimate of drug-likeness (QED) is 0.644. The molecule has 2 rings (SSSR count). The maximum absolute atomic E-state index is 11.9. The van der Waals surface area contributed by atoms with Crippen molar-refractivity contribution in [3.63, 3.8) is 0 Å². The number of benzene rings is 1. The first-order valence-corrected chi connectivity index (χ1v) is 8.58. The number of ether oxygens (including phenoxy) is 2. The van der Waals surface area contributed by atoms with Crippen molar-refractivity contribution in [2.45, 2.75) is 39.4 Å². The molecule has 0 fully saturated rings. The minimum absolute atomic E-state index is 0. The highest BCUT2D eigenvalue weighted by molar-refractivity contribution is 5.78. The summed E-state index contributed by atoms with van der Waals surface area (Å²) >= 11 is 0. The largest absolute Gasteiger partial charge is 1.00 e. The number of hydrogen-bond donors (Lipinski definition) is 2. The van der Waals surface area contributed by atoms with Gasteiger partial charge in [-0.1, -0.05) is 12.1 Å². The van der Waals surface area contributed by atoms with Crippen molar-refractivity contribution in [2.75, 3.05) is 13.7 Å². The molecule has 1 amide bonds. The van der Waals surface area contributed by atoms with Gasteiger partial charge in [-0.15, -0.1) is 0 Å². The Bertz CT molecular complexity index is 718. The molecule has 0 saturated carbocycles. The smallest absolute Gasteiger partial charge is 0.258 e. The average molecular weight is 393 g/mol. The average Bonchev–Trinajstić information content (AvgIpc) is 2.60. The van der Waals surface area contributed by atoms with Crippen molar-refractivity contribution in [2.24, 2.45) is 0 Å². The van der Waals surface area contributed by atoms with Crippen molar-refractivity contribution in [1.29, 1.82) is 0 Å². The van der Waals surface area contributed by atoms with E-state index in [2.05, 4.69) is 15.6 Å². The Kier molecular flexibility index (Phi) is 9.05. The van der Waals surface area contributed by atoms with Crippen LogP contribution in [0.5, 0.6) is 11.5 Å². The molecule has 1 aromatic heterocycles. The SMILES string of the molecule is COc1cc(CNCc2cccnc2)ccc1OCC(=O)NC(C)(C)C.[Cl-]. The first-order chi connectivity index (χ1) is 12.4. The Labute approximate surface area is 167 Å². The van der Waals surface area contributed by atoms with Crippen LogP contribution in [-0.4, -0.2) is 30.1 Å². The van der Waals surface area contributed by atoms with Crippen LogP contribution >= 0.6 is 0 Å². The molecule has 0 saturated heterocycles. The van der Waals surface area contributed by atoms with Gasteiger partial charge in [-0.05, 0) is 50.1 Å². The minimum Gasteiger partial charge on any atom is -1.00 e. The van der Waals surface area contributed by atoms with Crippen LogP contribution in [0.15, 0.2) is 42.7 Å². The lowest BCUT2D eigenvalue weighted by molar-refractivity contribution is -0.124. The lowest BCUT2D eigenvalue weighted by atomic mass is 10.1. The summed E-state index contributed by atoms with van der Waals surface area (Å²) in [6.07, 6.45) is 3.60. The van der Waals surface area contributed by atoms with E-state index in [-0.39, 0.29) is 30.5 Å². The molecule has 1 aromatic carbocycles. The predicted molar refractivity (Wildman–Crippen MR) is 101 cm³/mol. The van der Waals surface area contributed by atoms with Gasteiger partial charge in [0.2, 0.25) is 0 Å². The number of carbonyl (C=O) groups is 1. The van der Waals surface area contributed by atoms with Gasteiger partial charge in [0.05, 0.1) is 7.11 Å². The van der Waals surface area contributed by atoms with Crippen LogP contribution in [0, 0.1) is 0 Å². The molecular formula is C20H27ClN3O3-. The van der Waals surface area contributed by atoms with Gasteiger partial charge < -0.3 is 32.5 Å². The Morgan fingerprint density at radius 2 is 1.85 bits per heavy atom. The van der Waals surface area contributed by atoms with Crippen LogP contribution < -0.4 is 32.5 Å². The molecule has 148 valence electrons. The molecule has 6 nitrogen and oxygen atoms in total. The lowest BCUT2D eigenvalue weighted by Crippen LogP contribution is -3.00. The summed E-state index contributed by atoms with van der Waals surface area (Å²) in [6, 6.07) is 9.63. The number of hydrogen-bond acceptors (Lipinski definition) is 5. The van der Waals surface area contributed by atoms with Crippen molar-refractivity contribution in [1.82, 2.24) is 15.6 Å². The lowest BCUT2D eigenvalue weighted by Gasteiger charge is -2.20. The first-order valence-electron chi connectivity index (χ1n) is 8.58. The molecule has 0 aliphatic heterocycles. The molecule has 2 aromatic rings. The van der Waals surface area contributed by atoms with Crippen molar-refractivity contribution in [3.05, 3.63) is 53.9 Å². The highest BCUT2D eigenvalue weighted by Crippen LogP contribution is 2.28. The third kappa shape index (κ3) is 8.28. The summed E-state index contributed by atoms with van der Waals surface area (Å²) in [7, 11) is 1.59. The molecule has 7 heteroatoms. The fraction of sp³-hybridized carbons (Fsp3) is 0.400. The van der Waals surface area contributed by atoms with Crippen LogP contribution in [-0.2, 0) is 17.9 Å². The molecule has 0 unspecified atom stereocenters. The van der Waals surface area contributed by atoms with Gasteiger partial charge in [0.15, 0.2) is 18.1 Å². The fourth-order valence-corrected chi connectivity index (χ4v) is 2.39. The molecule has 2 N–H and O–H groups in total. The molecule has 0 bridgehead atoms. The van der Waals surface area contributed by atoms with E-state index in [0.717, 1.165) is 17.7 Å². The second-order valence-corrected chi connectivity index (χ2v) is 7.04. The topological polar surface area (TPSA) is 72.5 Å². The van der Waals surface area contributed by atoms with Gasteiger partial charge in [0, 0.05) is 31.0 Å². The summed E-state index contributed by atoms with van der Waals surface area (Å²) in [4.78, 5) is 16.0. The molecular weight excluding hydrogens is 366 g/mol. The number of methoxy groups -OCH3 is 1. The van der Waals surface area contributed by atoms with Crippen molar-refractivity contribution in [3.8, 4) is 11.5 Å². The summed E-state index contributed by atoms with van der Waals surface area (Å²) in [6.45, 7) is 7.17. The Morgan fingerprint density at radius 3 is 2.48 bits per heavy atom. The maximum atomic E-state index is 11.9. The molecule has 27 heavy (non-hydrogen) atoms. The normalized spacial score (nSPS) is 10.7. The van der Waals surface area contributed by atoms with Crippen LogP contribution in [0.25, 0.3) is 0 Å². The number of carbonyl (C=O) groups excluding carboxylic acids is 1. The number of nitrogens with one attached hydrogen (secondary N) is 2. The molecule has 0 aliphatic carbocycles. The third-order valence-corrected chi connectivity index (χ3v) is 3.48. The van der Waals surface area contributed by atoms with E-state index in [1.165, 1.54) is 0 Å². The predicted octanol–water partition coefficient (Wildman–Crippen LogP) is -0.322. The number of rotatable bonds is 8. The van der Waals surface area contributed by atoms with Crippen LogP contribution in [0.3, 0.4) is 0 Å². The van der Waals surface area contributed by atoms with Crippen LogP contribution in [0.1, 0.15) is 31.9 Å². The standard InChI is InChI=1S/C20H27N3O3.ClH/c1-20(2,3)23-19(24)14-26-17-8-7-15(10-18(17)25-4)11-22-13-16-6-5-9-21-12-16;/h5-10,12,22H,11,13-14H2,1-4H3,(H,23,24);1H/p-1. The summed E-state index contributed by atoms with van der Waals surface area (Å²) in [5, 5.41) is 6.23. The highest BCUT2D eigenvalue weighted by atomic mass is 35.5. The van der Waals surface area contributed by atoms with Crippen LogP contribution in [0.4, 0.5) is 0 Å². The number of halogens is 1. The van der Waals surface area contributed by atoms with Gasteiger partial charge in [-0.25, -0.2) is 0 Å². The third-order valence-electron chi connectivity index (χ3n) is 3.48. The second kappa shape index (κ2) is 10.7.